The highest BCUT2D eigenvalue weighted by molar-refractivity contribution is 5.56. The van der Waals surface area contributed by atoms with Gasteiger partial charge in [-0.1, -0.05) is 25.9 Å². The van der Waals surface area contributed by atoms with Crippen molar-refractivity contribution in [3.8, 4) is 0 Å². The first-order valence-corrected chi connectivity index (χ1v) is 7.40. The molecule has 1 aromatic heterocycles. The van der Waals surface area contributed by atoms with E-state index in [-0.39, 0.29) is 5.41 Å². The summed E-state index contributed by atoms with van der Waals surface area (Å²) in [6.45, 7) is 7.08. The molecule has 0 N–H and O–H groups in total. The second kappa shape index (κ2) is 5.34. The maximum atomic E-state index is 13.9. The standard InChI is InChI=1S/C16H19F2N3O/c1-16(2,3)15-19-14(22-20-15)9-21-6-4-5-11-12(18)7-10(17)8-13(11)21/h7-8H,4-6,9H2,1-3H3. The minimum Gasteiger partial charge on any atom is -0.362 e. The third-order valence-electron chi connectivity index (χ3n) is 3.80. The molecule has 0 atom stereocenters. The van der Waals surface area contributed by atoms with Gasteiger partial charge in [-0.15, -0.1) is 0 Å². The number of nitrogens with zero attached hydrogens (tertiary/aromatic N) is 3. The van der Waals surface area contributed by atoms with Gasteiger partial charge in [0.05, 0.1) is 6.54 Å². The highest BCUT2D eigenvalue weighted by Crippen LogP contribution is 2.31. The van der Waals surface area contributed by atoms with Gasteiger partial charge in [0.15, 0.2) is 5.82 Å². The fourth-order valence-corrected chi connectivity index (χ4v) is 2.64. The molecule has 0 spiro atoms. The molecule has 1 aliphatic rings. The Labute approximate surface area is 128 Å². The predicted molar refractivity (Wildman–Crippen MR) is 78.7 cm³/mol. The minimum absolute atomic E-state index is 0.195. The van der Waals surface area contributed by atoms with E-state index in [0.717, 1.165) is 12.5 Å². The molecule has 0 amide bonds. The highest BCUT2D eigenvalue weighted by Gasteiger charge is 2.25. The molecule has 22 heavy (non-hydrogen) atoms. The van der Waals surface area contributed by atoms with Crippen LogP contribution in [0.1, 0.15) is 44.5 Å². The summed E-state index contributed by atoms with van der Waals surface area (Å²) in [5.41, 5.74) is 0.947. The molecule has 118 valence electrons. The fraction of sp³-hybridized carbons (Fsp3) is 0.500. The molecular formula is C16H19F2N3O. The van der Waals surface area contributed by atoms with Crippen LogP contribution in [0.15, 0.2) is 16.7 Å². The molecule has 3 rings (SSSR count). The summed E-state index contributed by atoms with van der Waals surface area (Å²) in [5, 5.41) is 3.98. The molecule has 0 radical (unpaired) electrons. The lowest BCUT2D eigenvalue weighted by atomic mass is 9.96. The fourth-order valence-electron chi connectivity index (χ4n) is 2.64. The second-order valence-corrected chi connectivity index (χ2v) is 6.67. The van der Waals surface area contributed by atoms with E-state index in [1.54, 1.807) is 0 Å². The minimum atomic E-state index is -0.566. The average molecular weight is 307 g/mol. The van der Waals surface area contributed by atoms with E-state index in [1.165, 1.54) is 6.07 Å². The van der Waals surface area contributed by atoms with E-state index in [0.29, 0.717) is 42.5 Å². The van der Waals surface area contributed by atoms with Gasteiger partial charge in [0, 0.05) is 29.3 Å². The first-order valence-electron chi connectivity index (χ1n) is 7.40. The zero-order valence-corrected chi connectivity index (χ0v) is 13.0. The van der Waals surface area contributed by atoms with Gasteiger partial charge in [0.2, 0.25) is 5.89 Å². The lowest BCUT2D eigenvalue weighted by molar-refractivity contribution is 0.360. The van der Waals surface area contributed by atoms with Crippen molar-refractivity contribution in [1.29, 1.82) is 0 Å². The van der Waals surface area contributed by atoms with Crippen LogP contribution in [0.3, 0.4) is 0 Å². The van der Waals surface area contributed by atoms with E-state index in [2.05, 4.69) is 10.1 Å². The van der Waals surface area contributed by atoms with E-state index < -0.39 is 11.6 Å². The second-order valence-electron chi connectivity index (χ2n) is 6.67. The molecule has 4 nitrogen and oxygen atoms in total. The molecule has 0 saturated carbocycles. The first-order chi connectivity index (χ1) is 10.3. The van der Waals surface area contributed by atoms with Crippen molar-refractivity contribution in [2.24, 2.45) is 0 Å². The van der Waals surface area contributed by atoms with Crippen molar-refractivity contribution in [1.82, 2.24) is 10.1 Å². The van der Waals surface area contributed by atoms with Crippen molar-refractivity contribution < 1.29 is 13.3 Å². The number of aromatic nitrogens is 2. The van der Waals surface area contributed by atoms with Gasteiger partial charge in [-0.2, -0.15) is 4.98 Å². The highest BCUT2D eigenvalue weighted by atomic mass is 19.1. The Morgan fingerprint density at radius 3 is 2.73 bits per heavy atom. The predicted octanol–water partition coefficient (Wildman–Crippen LogP) is 3.60. The normalized spacial score (nSPS) is 15.0. The Balaban J connectivity index is 1.87. The van der Waals surface area contributed by atoms with Crippen LogP contribution < -0.4 is 4.90 Å². The van der Waals surface area contributed by atoms with Crippen molar-refractivity contribution in [2.45, 2.75) is 45.6 Å². The van der Waals surface area contributed by atoms with Crippen molar-refractivity contribution in [3.63, 3.8) is 0 Å². The van der Waals surface area contributed by atoms with Gasteiger partial charge in [-0.25, -0.2) is 8.78 Å². The first kappa shape index (κ1) is 14.9. The number of anilines is 1. The topological polar surface area (TPSA) is 42.2 Å². The number of hydrogen-bond donors (Lipinski definition) is 0. The zero-order chi connectivity index (χ0) is 15.9. The summed E-state index contributed by atoms with van der Waals surface area (Å²) in [6.07, 6.45) is 1.44. The van der Waals surface area contributed by atoms with Crippen LogP contribution >= 0.6 is 0 Å². The average Bonchev–Trinajstić information content (AvgIpc) is 2.88. The van der Waals surface area contributed by atoms with Crippen LogP contribution in [0.2, 0.25) is 0 Å². The molecule has 0 saturated heterocycles. The molecule has 0 bridgehead atoms. The summed E-state index contributed by atoms with van der Waals surface area (Å²) in [6, 6.07) is 2.31. The van der Waals surface area contributed by atoms with Crippen LogP contribution in [0.5, 0.6) is 0 Å². The van der Waals surface area contributed by atoms with Crippen LogP contribution in [-0.2, 0) is 18.4 Å². The Morgan fingerprint density at radius 2 is 2.05 bits per heavy atom. The van der Waals surface area contributed by atoms with E-state index in [4.69, 9.17) is 4.52 Å². The van der Waals surface area contributed by atoms with Crippen LogP contribution in [0, 0.1) is 11.6 Å². The van der Waals surface area contributed by atoms with Crippen molar-refractivity contribution in [3.05, 3.63) is 41.0 Å². The molecular weight excluding hydrogens is 288 g/mol. The van der Waals surface area contributed by atoms with Gasteiger partial charge in [0.25, 0.3) is 0 Å². The summed E-state index contributed by atoms with van der Waals surface area (Å²) in [7, 11) is 0. The summed E-state index contributed by atoms with van der Waals surface area (Å²) >= 11 is 0. The quantitative estimate of drug-likeness (QED) is 0.850. The maximum absolute atomic E-state index is 13.9. The third-order valence-corrected chi connectivity index (χ3v) is 3.80. The molecule has 1 aromatic carbocycles. The van der Waals surface area contributed by atoms with E-state index in [9.17, 15) is 8.78 Å². The number of hydrogen-bond acceptors (Lipinski definition) is 4. The van der Waals surface area contributed by atoms with Gasteiger partial charge in [0.1, 0.15) is 11.6 Å². The maximum Gasteiger partial charge on any atom is 0.246 e. The molecule has 0 fully saturated rings. The molecule has 1 aliphatic heterocycles. The van der Waals surface area contributed by atoms with E-state index in [1.807, 2.05) is 25.7 Å². The summed E-state index contributed by atoms with van der Waals surface area (Å²) < 4.78 is 32.7. The molecule has 0 unspecified atom stereocenters. The number of benzene rings is 1. The Hall–Kier alpha value is -1.98. The Bertz CT molecular complexity index is 691. The Kier molecular flexibility index (Phi) is 3.62. The number of halogens is 2. The molecule has 6 heteroatoms. The molecule has 2 aromatic rings. The molecule has 0 aliphatic carbocycles. The SMILES string of the molecule is CC(C)(C)c1noc(CN2CCCc3c(F)cc(F)cc32)n1. The van der Waals surface area contributed by atoms with Crippen LogP contribution in [0.4, 0.5) is 14.5 Å². The zero-order valence-electron chi connectivity index (χ0n) is 13.0. The monoisotopic (exact) mass is 307 g/mol. The van der Waals surface area contributed by atoms with Crippen LogP contribution in [0.25, 0.3) is 0 Å². The number of fused-ring (bicyclic) bond motifs is 1. The largest absolute Gasteiger partial charge is 0.362 e. The van der Waals surface area contributed by atoms with Gasteiger partial charge in [-0.05, 0) is 18.9 Å². The van der Waals surface area contributed by atoms with Gasteiger partial charge >= 0.3 is 0 Å². The third kappa shape index (κ3) is 2.82. The lowest BCUT2D eigenvalue weighted by Crippen LogP contribution is -2.29. The van der Waals surface area contributed by atoms with E-state index >= 15 is 0 Å². The smallest absolute Gasteiger partial charge is 0.246 e. The van der Waals surface area contributed by atoms with Crippen LogP contribution in [-0.4, -0.2) is 16.7 Å². The van der Waals surface area contributed by atoms with Gasteiger partial charge < -0.3 is 9.42 Å². The molecule has 2 heterocycles. The lowest BCUT2D eigenvalue weighted by Gasteiger charge is -2.30. The summed E-state index contributed by atoms with van der Waals surface area (Å²) in [4.78, 5) is 6.28. The Morgan fingerprint density at radius 1 is 1.27 bits per heavy atom. The number of rotatable bonds is 2. The van der Waals surface area contributed by atoms with Gasteiger partial charge in [-0.3, -0.25) is 0 Å². The van der Waals surface area contributed by atoms with Crippen molar-refractivity contribution in [2.75, 3.05) is 11.4 Å². The van der Waals surface area contributed by atoms with Crippen molar-refractivity contribution >= 4 is 5.69 Å². The summed E-state index contributed by atoms with van der Waals surface area (Å²) in [5.74, 6) is 0.0391.